The Morgan fingerprint density at radius 2 is 2.06 bits per heavy atom. The molecule has 0 saturated carbocycles. The molecule has 0 fully saturated rings. The van der Waals surface area contributed by atoms with Crippen molar-refractivity contribution in [3.63, 3.8) is 0 Å². The molecular formula is C11H15N5. The second kappa shape index (κ2) is 4.08. The number of aryl methyl sites for hydroxylation is 1. The van der Waals surface area contributed by atoms with E-state index in [2.05, 4.69) is 24.7 Å². The number of nitrogens with zero attached hydrogens (tertiary/aromatic N) is 4. The van der Waals surface area contributed by atoms with Gasteiger partial charge in [0.25, 0.3) is 0 Å². The highest BCUT2D eigenvalue weighted by atomic mass is 15.3. The van der Waals surface area contributed by atoms with Gasteiger partial charge in [0.05, 0.1) is 12.5 Å². The van der Waals surface area contributed by atoms with Gasteiger partial charge in [0.1, 0.15) is 11.5 Å². The Morgan fingerprint density at radius 3 is 2.94 bits per heavy atom. The first-order valence-electron chi connectivity index (χ1n) is 5.86. The predicted octanol–water partition coefficient (Wildman–Crippen LogP) is 1.78. The summed E-state index contributed by atoms with van der Waals surface area (Å²) >= 11 is 0. The van der Waals surface area contributed by atoms with Gasteiger partial charge in [0.15, 0.2) is 5.82 Å². The summed E-state index contributed by atoms with van der Waals surface area (Å²) in [5.41, 5.74) is 0.958. The predicted molar refractivity (Wildman–Crippen MR) is 59.8 cm³/mol. The molecule has 1 aliphatic heterocycles. The maximum absolute atomic E-state index is 4.28. The fourth-order valence-electron chi connectivity index (χ4n) is 2.24. The summed E-state index contributed by atoms with van der Waals surface area (Å²) in [5.74, 6) is 2.04. The summed E-state index contributed by atoms with van der Waals surface area (Å²) < 4.78 is 2.23. The van der Waals surface area contributed by atoms with E-state index in [0.717, 1.165) is 30.3 Å². The van der Waals surface area contributed by atoms with Crippen molar-refractivity contribution in [2.75, 3.05) is 0 Å². The van der Waals surface area contributed by atoms with E-state index in [9.17, 15) is 0 Å². The van der Waals surface area contributed by atoms with Crippen molar-refractivity contribution in [1.82, 2.24) is 24.7 Å². The van der Waals surface area contributed by atoms with Gasteiger partial charge < -0.3 is 9.55 Å². The number of rotatable bonds is 1. The number of hydrogen-bond acceptors (Lipinski definition) is 3. The molecule has 5 nitrogen and oxygen atoms in total. The third-order valence-electron chi connectivity index (χ3n) is 3.10. The maximum Gasteiger partial charge on any atom is 0.182 e. The Bertz CT molecular complexity index is 457. The van der Waals surface area contributed by atoms with E-state index in [1.165, 1.54) is 25.7 Å². The first-order valence-corrected chi connectivity index (χ1v) is 5.86. The molecule has 0 aliphatic carbocycles. The largest absolute Gasteiger partial charge is 0.342 e. The van der Waals surface area contributed by atoms with E-state index in [4.69, 9.17) is 0 Å². The van der Waals surface area contributed by atoms with Crippen LogP contribution in [0.4, 0.5) is 0 Å². The fraction of sp³-hybridized carbons (Fsp3) is 0.545. The topological polar surface area (TPSA) is 59.4 Å². The van der Waals surface area contributed by atoms with Crippen molar-refractivity contribution < 1.29 is 0 Å². The zero-order valence-electron chi connectivity index (χ0n) is 9.19. The molecule has 2 aromatic rings. The van der Waals surface area contributed by atoms with Crippen LogP contribution < -0.4 is 0 Å². The van der Waals surface area contributed by atoms with Crippen LogP contribution in [0.3, 0.4) is 0 Å². The molecule has 0 unspecified atom stereocenters. The molecule has 0 aromatic carbocycles. The SMILES string of the molecule is c1ncc(-c2nnc3n2CCCCCC3)[nH]1. The van der Waals surface area contributed by atoms with Gasteiger partial charge in [-0.3, -0.25) is 0 Å². The molecule has 0 radical (unpaired) electrons. The zero-order valence-corrected chi connectivity index (χ0v) is 9.19. The summed E-state index contributed by atoms with van der Waals surface area (Å²) in [6, 6.07) is 0. The molecule has 5 heteroatoms. The van der Waals surface area contributed by atoms with Crippen LogP contribution in [-0.2, 0) is 13.0 Å². The molecule has 0 saturated heterocycles. The highest BCUT2D eigenvalue weighted by Gasteiger charge is 2.15. The van der Waals surface area contributed by atoms with E-state index in [0.29, 0.717) is 0 Å². The second-order valence-electron chi connectivity index (χ2n) is 4.22. The van der Waals surface area contributed by atoms with Gasteiger partial charge in [0, 0.05) is 13.0 Å². The maximum atomic E-state index is 4.28. The Labute approximate surface area is 93.9 Å². The van der Waals surface area contributed by atoms with Gasteiger partial charge in [-0.2, -0.15) is 0 Å². The third-order valence-corrected chi connectivity index (χ3v) is 3.10. The van der Waals surface area contributed by atoms with Crippen LogP contribution in [0.5, 0.6) is 0 Å². The molecular weight excluding hydrogens is 202 g/mol. The molecule has 84 valence electrons. The van der Waals surface area contributed by atoms with Crippen molar-refractivity contribution in [3.05, 3.63) is 18.3 Å². The monoisotopic (exact) mass is 217 g/mol. The van der Waals surface area contributed by atoms with Crippen LogP contribution in [0.1, 0.15) is 31.5 Å². The van der Waals surface area contributed by atoms with Gasteiger partial charge in [0.2, 0.25) is 0 Å². The number of aromatic amines is 1. The van der Waals surface area contributed by atoms with Gasteiger partial charge in [-0.15, -0.1) is 10.2 Å². The van der Waals surface area contributed by atoms with Crippen LogP contribution in [0.2, 0.25) is 0 Å². The van der Waals surface area contributed by atoms with Crippen molar-refractivity contribution in [3.8, 4) is 11.5 Å². The van der Waals surface area contributed by atoms with Crippen molar-refractivity contribution in [2.45, 2.75) is 38.6 Å². The number of hydrogen-bond donors (Lipinski definition) is 1. The van der Waals surface area contributed by atoms with Crippen molar-refractivity contribution in [2.24, 2.45) is 0 Å². The number of imidazole rings is 1. The minimum atomic E-state index is 0.925. The second-order valence-corrected chi connectivity index (χ2v) is 4.22. The highest BCUT2D eigenvalue weighted by Crippen LogP contribution is 2.20. The van der Waals surface area contributed by atoms with Crippen LogP contribution in [0, 0.1) is 0 Å². The molecule has 0 spiro atoms. The molecule has 0 atom stereocenters. The van der Waals surface area contributed by atoms with Crippen LogP contribution in [0.25, 0.3) is 11.5 Å². The lowest BCUT2D eigenvalue weighted by Crippen LogP contribution is -2.08. The standard InChI is InChI=1S/C11H15N5/c1-2-4-6-16-10(5-3-1)14-15-11(16)9-7-12-8-13-9/h7-8H,1-6H2,(H,12,13). The van der Waals surface area contributed by atoms with Crippen molar-refractivity contribution in [1.29, 1.82) is 0 Å². The van der Waals surface area contributed by atoms with Crippen LogP contribution in [-0.4, -0.2) is 24.7 Å². The van der Waals surface area contributed by atoms with Crippen molar-refractivity contribution >= 4 is 0 Å². The van der Waals surface area contributed by atoms with Gasteiger partial charge >= 0.3 is 0 Å². The lowest BCUT2D eigenvalue weighted by Gasteiger charge is -2.12. The molecule has 3 rings (SSSR count). The summed E-state index contributed by atoms with van der Waals surface area (Å²) in [6.07, 6.45) is 9.58. The number of aromatic nitrogens is 5. The number of fused-ring (bicyclic) bond motifs is 1. The molecule has 1 aliphatic rings. The third kappa shape index (κ3) is 1.62. The Balaban J connectivity index is 2.00. The minimum absolute atomic E-state index is 0.925. The van der Waals surface area contributed by atoms with E-state index in [-0.39, 0.29) is 0 Å². The van der Waals surface area contributed by atoms with E-state index >= 15 is 0 Å². The van der Waals surface area contributed by atoms with Crippen LogP contribution in [0.15, 0.2) is 12.5 Å². The zero-order chi connectivity index (χ0) is 10.8. The summed E-state index contributed by atoms with van der Waals surface area (Å²) in [6.45, 7) is 1.02. The average Bonchev–Trinajstić information content (AvgIpc) is 2.86. The highest BCUT2D eigenvalue weighted by molar-refractivity contribution is 5.47. The fourth-order valence-corrected chi connectivity index (χ4v) is 2.24. The summed E-state index contributed by atoms with van der Waals surface area (Å²) in [7, 11) is 0. The van der Waals surface area contributed by atoms with Gasteiger partial charge in [-0.25, -0.2) is 4.98 Å². The molecule has 1 N–H and O–H groups in total. The molecule has 3 heterocycles. The Kier molecular flexibility index (Phi) is 2.44. The van der Waals surface area contributed by atoms with Crippen LogP contribution >= 0.6 is 0 Å². The quantitative estimate of drug-likeness (QED) is 0.792. The van der Waals surface area contributed by atoms with Gasteiger partial charge in [-0.1, -0.05) is 12.8 Å². The lowest BCUT2D eigenvalue weighted by atomic mass is 10.1. The molecule has 0 amide bonds. The Hall–Kier alpha value is -1.65. The normalized spacial score (nSPS) is 16.5. The minimum Gasteiger partial charge on any atom is -0.342 e. The number of H-pyrrole nitrogens is 1. The van der Waals surface area contributed by atoms with Gasteiger partial charge in [-0.05, 0) is 12.8 Å². The first kappa shape index (κ1) is 9.57. The van der Waals surface area contributed by atoms with E-state index in [1.807, 2.05) is 0 Å². The van der Waals surface area contributed by atoms with E-state index < -0.39 is 0 Å². The summed E-state index contributed by atoms with van der Waals surface area (Å²) in [4.78, 5) is 7.12. The summed E-state index contributed by atoms with van der Waals surface area (Å²) in [5, 5.41) is 8.54. The molecule has 0 bridgehead atoms. The number of nitrogens with one attached hydrogen (secondary N) is 1. The lowest BCUT2D eigenvalue weighted by molar-refractivity contribution is 0.518. The van der Waals surface area contributed by atoms with E-state index in [1.54, 1.807) is 12.5 Å². The Morgan fingerprint density at radius 1 is 1.12 bits per heavy atom. The first-order chi connectivity index (χ1) is 7.95. The molecule has 2 aromatic heterocycles. The smallest absolute Gasteiger partial charge is 0.182 e. The average molecular weight is 217 g/mol. The molecule has 16 heavy (non-hydrogen) atoms.